The van der Waals surface area contributed by atoms with Gasteiger partial charge in [0.05, 0.1) is 36.0 Å². The molecular formula is C15H16N2O6. The maximum Gasteiger partial charge on any atom is 0.332 e. The van der Waals surface area contributed by atoms with Gasteiger partial charge in [-0.25, -0.2) is 4.79 Å². The predicted octanol–water partition coefficient (Wildman–Crippen LogP) is 2.30. The largest absolute Gasteiger partial charge is 0.462 e. The van der Waals surface area contributed by atoms with Gasteiger partial charge in [0, 0.05) is 17.7 Å². The second-order valence-corrected chi connectivity index (χ2v) is 4.82. The molecular weight excluding hydrogens is 304 g/mol. The number of amides is 1. The molecule has 122 valence electrons. The van der Waals surface area contributed by atoms with E-state index in [0.29, 0.717) is 0 Å². The number of hydroxylamine groups is 2. The van der Waals surface area contributed by atoms with Crippen LogP contribution in [0.15, 0.2) is 24.3 Å². The first-order valence-electron chi connectivity index (χ1n) is 7.05. The fraction of sp³-hybridized carbons (Fsp3) is 0.333. The first-order chi connectivity index (χ1) is 11.0. The van der Waals surface area contributed by atoms with E-state index in [1.165, 1.54) is 25.3 Å². The zero-order valence-electron chi connectivity index (χ0n) is 12.8. The number of nitrogens with zero attached hydrogens (tertiary/aromatic N) is 2. The molecule has 0 spiro atoms. The van der Waals surface area contributed by atoms with E-state index >= 15 is 0 Å². The summed E-state index contributed by atoms with van der Waals surface area (Å²) in [6, 6.07) is 3.80. The molecule has 23 heavy (non-hydrogen) atoms. The molecule has 0 radical (unpaired) electrons. The average Bonchev–Trinajstić information content (AvgIpc) is 2.79. The molecule has 1 aromatic carbocycles. The van der Waals surface area contributed by atoms with Crippen molar-refractivity contribution in [3.8, 4) is 0 Å². The van der Waals surface area contributed by atoms with Crippen molar-refractivity contribution < 1.29 is 24.1 Å². The van der Waals surface area contributed by atoms with Crippen LogP contribution in [0, 0.1) is 10.1 Å². The van der Waals surface area contributed by atoms with E-state index in [-0.39, 0.29) is 29.1 Å². The maximum absolute atomic E-state index is 12.2. The molecule has 8 nitrogen and oxygen atoms in total. The summed E-state index contributed by atoms with van der Waals surface area (Å²) in [6.45, 7) is 2.23. The van der Waals surface area contributed by atoms with Crippen molar-refractivity contribution in [1.29, 1.82) is 0 Å². The standard InChI is InChI=1S/C15H16N2O6/c1-3-4-7-23-14(18)9-13-12-8-10(17(20)21)5-6-11(12)15(19)16(13)22-2/h5-6,8-9H,3-4,7H2,1-2H3/b13-9+. The molecule has 1 heterocycles. The molecule has 1 aromatic rings. The number of carbonyl (C=O) groups is 2. The highest BCUT2D eigenvalue weighted by Crippen LogP contribution is 2.35. The summed E-state index contributed by atoms with van der Waals surface area (Å²) in [6.07, 6.45) is 2.71. The van der Waals surface area contributed by atoms with Gasteiger partial charge < -0.3 is 4.74 Å². The fourth-order valence-corrected chi connectivity index (χ4v) is 2.16. The van der Waals surface area contributed by atoms with E-state index in [1.807, 2.05) is 6.92 Å². The number of hydrogen-bond donors (Lipinski definition) is 0. The first-order valence-corrected chi connectivity index (χ1v) is 7.05. The number of nitro groups is 1. The summed E-state index contributed by atoms with van der Waals surface area (Å²) < 4.78 is 5.02. The van der Waals surface area contributed by atoms with Crippen LogP contribution in [0.5, 0.6) is 0 Å². The van der Waals surface area contributed by atoms with Crippen molar-refractivity contribution in [3.63, 3.8) is 0 Å². The molecule has 0 saturated carbocycles. The number of non-ortho nitro benzene ring substituents is 1. The molecule has 0 N–H and O–H groups in total. The third-order valence-electron chi connectivity index (χ3n) is 3.30. The number of ether oxygens (including phenoxy) is 1. The number of rotatable bonds is 6. The molecule has 0 bridgehead atoms. The van der Waals surface area contributed by atoms with Crippen molar-refractivity contribution in [2.75, 3.05) is 13.7 Å². The third kappa shape index (κ3) is 3.37. The van der Waals surface area contributed by atoms with E-state index in [9.17, 15) is 19.7 Å². The SMILES string of the molecule is CCCCOC(=O)/C=C1\c2cc([N+](=O)[O-])ccc2C(=O)N1OC. The normalized spacial score (nSPS) is 15.0. The van der Waals surface area contributed by atoms with Crippen LogP contribution in [0.4, 0.5) is 5.69 Å². The van der Waals surface area contributed by atoms with Crippen LogP contribution in [0.2, 0.25) is 0 Å². The van der Waals surface area contributed by atoms with Gasteiger partial charge in [-0.2, -0.15) is 5.06 Å². The monoisotopic (exact) mass is 320 g/mol. The van der Waals surface area contributed by atoms with Crippen LogP contribution in [-0.4, -0.2) is 35.6 Å². The lowest BCUT2D eigenvalue weighted by Gasteiger charge is -2.14. The summed E-state index contributed by atoms with van der Waals surface area (Å²) >= 11 is 0. The minimum Gasteiger partial charge on any atom is -0.462 e. The number of hydrogen-bond acceptors (Lipinski definition) is 6. The van der Waals surface area contributed by atoms with Gasteiger partial charge in [-0.1, -0.05) is 13.3 Å². The van der Waals surface area contributed by atoms with Crippen molar-refractivity contribution in [1.82, 2.24) is 5.06 Å². The van der Waals surface area contributed by atoms with Gasteiger partial charge in [-0.15, -0.1) is 0 Å². The molecule has 0 unspecified atom stereocenters. The molecule has 0 saturated heterocycles. The van der Waals surface area contributed by atoms with Gasteiger partial charge >= 0.3 is 5.97 Å². The summed E-state index contributed by atoms with van der Waals surface area (Å²) in [7, 11) is 1.27. The fourth-order valence-electron chi connectivity index (χ4n) is 2.16. The highest BCUT2D eigenvalue weighted by Gasteiger charge is 2.35. The van der Waals surface area contributed by atoms with Crippen LogP contribution in [0.3, 0.4) is 0 Å². The number of carbonyl (C=O) groups excluding carboxylic acids is 2. The van der Waals surface area contributed by atoms with Crippen molar-refractivity contribution in [2.45, 2.75) is 19.8 Å². The molecule has 1 aliphatic rings. The number of unbranched alkanes of at least 4 members (excludes halogenated alkanes) is 1. The molecule has 2 rings (SSSR count). The Kier molecular flexibility index (Phi) is 5.07. The molecule has 0 fully saturated rings. The predicted molar refractivity (Wildman–Crippen MR) is 80.1 cm³/mol. The van der Waals surface area contributed by atoms with Gasteiger partial charge in [-0.3, -0.25) is 19.7 Å². The quantitative estimate of drug-likeness (QED) is 0.262. The Bertz CT molecular complexity index is 683. The maximum atomic E-state index is 12.2. The topological polar surface area (TPSA) is 99.0 Å². The Hall–Kier alpha value is -2.74. The van der Waals surface area contributed by atoms with Crippen LogP contribution in [0.25, 0.3) is 5.70 Å². The average molecular weight is 320 g/mol. The molecule has 0 aromatic heterocycles. The summed E-state index contributed by atoms with van der Waals surface area (Å²) in [5.41, 5.74) is 0.431. The second-order valence-electron chi connectivity index (χ2n) is 4.82. The van der Waals surface area contributed by atoms with Gasteiger partial charge in [0.2, 0.25) is 0 Å². The highest BCUT2D eigenvalue weighted by molar-refractivity contribution is 6.11. The molecule has 1 amide bonds. The first kappa shape index (κ1) is 16.6. The summed E-state index contributed by atoms with van der Waals surface area (Å²) in [4.78, 5) is 39.4. The number of fused-ring (bicyclic) bond motifs is 1. The lowest BCUT2D eigenvalue weighted by molar-refractivity contribution is -0.384. The number of benzene rings is 1. The third-order valence-corrected chi connectivity index (χ3v) is 3.30. The summed E-state index contributed by atoms with van der Waals surface area (Å²) in [5.74, 6) is -1.13. The zero-order chi connectivity index (χ0) is 17.0. The lowest BCUT2D eigenvalue weighted by atomic mass is 10.1. The van der Waals surface area contributed by atoms with Gasteiger partial charge in [-0.05, 0) is 12.5 Å². The van der Waals surface area contributed by atoms with E-state index in [4.69, 9.17) is 9.57 Å². The molecule has 0 atom stereocenters. The second kappa shape index (κ2) is 7.01. The van der Waals surface area contributed by atoms with Crippen molar-refractivity contribution >= 4 is 23.3 Å². The zero-order valence-corrected chi connectivity index (χ0v) is 12.8. The van der Waals surface area contributed by atoms with E-state index in [2.05, 4.69) is 0 Å². The number of esters is 1. The Morgan fingerprint density at radius 2 is 2.13 bits per heavy atom. The molecule has 0 aliphatic carbocycles. The van der Waals surface area contributed by atoms with Gasteiger partial charge in [0.1, 0.15) is 0 Å². The molecule has 8 heteroatoms. The van der Waals surface area contributed by atoms with Crippen molar-refractivity contribution in [2.24, 2.45) is 0 Å². The van der Waals surface area contributed by atoms with Crippen LogP contribution >= 0.6 is 0 Å². The number of nitro benzene ring substituents is 1. The minimum atomic E-state index is -0.636. The van der Waals surface area contributed by atoms with E-state index in [0.717, 1.165) is 24.0 Å². The Balaban J connectivity index is 2.38. The Morgan fingerprint density at radius 1 is 1.39 bits per heavy atom. The highest BCUT2D eigenvalue weighted by atomic mass is 16.7. The molecule has 1 aliphatic heterocycles. The van der Waals surface area contributed by atoms with E-state index < -0.39 is 16.8 Å². The van der Waals surface area contributed by atoms with Crippen LogP contribution in [0.1, 0.15) is 35.7 Å². The van der Waals surface area contributed by atoms with E-state index in [1.54, 1.807) is 0 Å². The Morgan fingerprint density at radius 3 is 2.74 bits per heavy atom. The van der Waals surface area contributed by atoms with Gasteiger partial charge in [0.15, 0.2) is 0 Å². The summed E-state index contributed by atoms with van der Waals surface area (Å²) in [5, 5.41) is 11.8. The Labute approximate surface area is 132 Å². The van der Waals surface area contributed by atoms with Crippen LogP contribution in [-0.2, 0) is 14.4 Å². The van der Waals surface area contributed by atoms with Crippen LogP contribution < -0.4 is 0 Å². The van der Waals surface area contributed by atoms with Gasteiger partial charge in [0.25, 0.3) is 11.6 Å². The smallest absolute Gasteiger partial charge is 0.332 e. The lowest BCUT2D eigenvalue weighted by Crippen LogP contribution is -2.22. The van der Waals surface area contributed by atoms with Crippen molar-refractivity contribution in [3.05, 3.63) is 45.5 Å². The minimum absolute atomic E-state index is 0.123.